The lowest BCUT2D eigenvalue weighted by molar-refractivity contribution is 0.0604. The van der Waals surface area contributed by atoms with Crippen molar-refractivity contribution in [3.05, 3.63) is 57.8 Å². The fourth-order valence-electron chi connectivity index (χ4n) is 2.73. The topological polar surface area (TPSA) is 35.0 Å². The van der Waals surface area contributed by atoms with Crippen LogP contribution in [0.4, 0.5) is 4.39 Å². The Morgan fingerprint density at radius 2 is 1.57 bits per heavy atom. The summed E-state index contributed by atoms with van der Waals surface area (Å²) in [7, 11) is 0. The van der Waals surface area contributed by atoms with Crippen LogP contribution in [0.25, 0.3) is 0 Å². The Bertz CT molecular complexity index is 622. The summed E-state index contributed by atoms with van der Waals surface area (Å²) < 4.78 is 19.0. The summed E-state index contributed by atoms with van der Waals surface area (Å²) in [5.41, 5.74) is 0.618. The fraction of sp³-hybridized carbons (Fsp3) is 0.333. The molecule has 0 radical (unpaired) electrons. The van der Waals surface area contributed by atoms with Crippen LogP contribution in [0.5, 0.6) is 0 Å². The summed E-state index contributed by atoms with van der Waals surface area (Å²) in [6.07, 6.45) is 1.41. The van der Waals surface area contributed by atoms with Gasteiger partial charge in [0, 0.05) is 13.2 Å². The van der Waals surface area contributed by atoms with Crippen LogP contribution >= 0.6 is 23.2 Å². The summed E-state index contributed by atoms with van der Waals surface area (Å²) in [6.45, 7) is 1.18. The van der Waals surface area contributed by atoms with Gasteiger partial charge in [-0.3, -0.25) is 0 Å². The molecule has 0 unspecified atom stereocenters. The predicted molar refractivity (Wildman–Crippen MR) is 79.3 cm³/mol. The molecule has 0 aliphatic carbocycles. The van der Waals surface area contributed by atoms with E-state index < -0.39 is 11.2 Å². The van der Waals surface area contributed by atoms with Crippen molar-refractivity contribution in [1.82, 2.24) is 9.97 Å². The van der Waals surface area contributed by atoms with Crippen molar-refractivity contribution in [3.8, 4) is 0 Å². The van der Waals surface area contributed by atoms with Crippen molar-refractivity contribution < 1.29 is 9.13 Å². The molecule has 3 rings (SSSR count). The van der Waals surface area contributed by atoms with Crippen LogP contribution in [0.1, 0.15) is 24.2 Å². The van der Waals surface area contributed by atoms with E-state index >= 15 is 0 Å². The van der Waals surface area contributed by atoms with E-state index in [9.17, 15) is 4.39 Å². The third kappa shape index (κ3) is 2.63. The normalized spacial score (nSPS) is 17.7. The van der Waals surface area contributed by atoms with Crippen LogP contribution < -0.4 is 0 Å². The van der Waals surface area contributed by atoms with Crippen molar-refractivity contribution in [2.45, 2.75) is 18.3 Å². The molecule has 0 spiro atoms. The molecule has 1 aliphatic rings. The monoisotopic (exact) mass is 326 g/mol. The first-order valence-corrected chi connectivity index (χ1v) is 7.41. The molecule has 0 amide bonds. The van der Waals surface area contributed by atoms with Gasteiger partial charge >= 0.3 is 0 Å². The summed E-state index contributed by atoms with van der Waals surface area (Å²) in [5, 5.41) is -0.487. The van der Waals surface area contributed by atoms with E-state index in [-0.39, 0.29) is 10.3 Å². The highest BCUT2D eigenvalue weighted by Gasteiger charge is 2.39. The molecule has 21 heavy (non-hydrogen) atoms. The molecular weight excluding hydrogens is 314 g/mol. The molecule has 6 heteroatoms. The van der Waals surface area contributed by atoms with E-state index in [4.69, 9.17) is 27.9 Å². The molecule has 2 heterocycles. The second-order valence-corrected chi connectivity index (χ2v) is 5.72. The lowest BCUT2D eigenvalue weighted by Crippen LogP contribution is -2.37. The average Bonchev–Trinajstić information content (AvgIpc) is 2.53. The van der Waals surface area contributed by atoms with Crippen molar-refractivity contribution >= 4 is 23.2 Å². The van der Waals surface area contributed by atoms with Crippen LogP contribution in [0, 0.1) is 5.82 Å². The van der Waals surface area contributed by atoms with E-state index in [2.05, 4.69) is 9.97 Å². The van der Waals surface area contributed by atoms with Gasteiger partial charge in [-0.1, -0.05) is 53.5 Å². The van der Waals surface area contributed by atoms with Crippen molar-refractivity contribution in [1.29, 1.82) is 0 Å². The van der Waals surface area contributed by atoms with Gasteiger partial charge in [-0.05, 0) is 18.4 Å². The number of benzene rings is 1. The maximum Gasteiger partial charge on any atom is 0.197 e. The number of nitrogens with zero attached hydrogens (tertiary/aromatic N) is 2. The third-order valence-electron chi connectivity index (χ3n) is 3.87. The lowest BCUT2D eigenvalue weighted by Gasteiger charge is -2.36. The van der Waals surface area contributed by atoms with Gasteiger partial charge in [-0.2, -0.15) is 0 Å². The Morgan fingerprint density at radius 1 is 1.00 bits per heavy atom. The van der Waals surface area contributed by atoms with E-state index in [0.717, 1.165) is 5.56 Å². The van der Waals surface area contributed by atoms with Crippen LogP contribution in [-0.4, -0.2) is 23.2 Å². The Labute approximate surface area is 132 Å². The number of aromatic nitrogens is 2. The molecule has 0 saturated carbocycles. The molecular formula is C15H13Cl2FN2O. The predicted octanol–water partition coefficient (Wildman–Crippen LogP) is 4.02. The van der Waals surface area contributed by atoms with Crippen LogP contribution in [0.15, 0.2) is 30.3 Å². The first-order valence-electron chi connectivity index (χ1n) is 6.66. The number of hydrogen-bond acceptors (Lipinski definition) is 3. The molecule has 2 aromatic rings. The molecule has 1 aliphatic heterocycles. The highest BCUT2D eigenvalue weighted by molar-refractivity contribution is 6.33. The van der Waals surface area contributed by atoms with Gasteiger partial charge in [0.15, 0.2) is 16.1 Å². The minimum absolute atomic E-state index is 0.244. The highest BCUT2D eigenvalue weighted by atomic mass is 35.5. The molecule has 1 fully saturated rings. The van der Waals surface area contributed by atoms with Crippen molar-refractivity contribution in [3.63, 3.8) is 0 Å². The largest absolute Gasteiger partial charge is 0.381 e. The maximum atomic E-state index is 13.6. The fourth-order valence-corrected chi connectivity index (χ4v) is 3.11. The summed E-state index contributed by atoms with van der Waals surface area (Å²) >= 11 is 11.7. The number of rotatable bonds is 2. The zero-order valence-corrected chi connectivity index (χ0v) is 12.7. The summed E-state index contributed by atoms with van der Waals surface area (Å²) in [4.78, 5) is 8.29. The quantitative estimate of drug-likeness (QED) is 0.782. The van der Waals surface area contributed by atoms with Gasteiger partial charge < -0.3 is 4.74 Å². The Morgan fingerprint density at radius 3 is 2.14 bits per heavy atom. The van der Waals surface area contributed by atoms with Crippen LogP contribution in [-0.2, 0) is 10.2 Å². The van der Waals surface area contributed by atoms with Gasteiger partial charge in [-0.15, -0.1) is 0 Å². The minimum atomic E-state index is -0.780. The number of halogens is 3. The molecule has 3 nitrogen and oxygen atoms in total. The van der Waals surface area contributed by atoms with Gasteiger partial charge in [0.05, 0.1) is 5.41 Å². The lowest BCUT2D eigenvalue weighted by atomic mass is 9.73. The molecule has 1 aromatic heterocycles. The average molecular weight is 327 g/mol. The third-order valence-corrected chi connectivity index (χ3v) is 4.37. The van der Waals surface area contributed by atoms with E-state index in [1.54, 1.807) is 0 Å². The van der Waals surface area contributed by atoms with E-state index in [1.165, 1.54) is 0 Å². The van der Waals surface area contributed by atoms with Gasteiger partial charge in [0.1, 0.15) is 5.82 Å². The van der Waals surface area contributed by atoms with Gasteiger partial charge in [0.25, 0.3) is 0 Å². The minimum Gasteiger partial charge on any atom is -0.381 e. The molecule has 0 N–H and O–H groups in total. The molecule has 1 saturated heterocycles. The molecule has 110 valence electrons. The second kappa shape index (κ2) is 5.87. The number of ether oxygens (including phenoxy) is 1. The van der Waals surface area contributed by atoms with Crippen molar-refractivity contribution in [2.75, 3.05) is 13.2 Å². The molecule has 0 atom stereocenters. The summed E-state index contributed by atoms with van der Waals surface area (Å²) in [5.74, 6) is -0.328. The smallest absolute Gasteiger partial charge is 0.197 e. The Balaban J connectivity index is 2.17. The molecule has 1 aromatic carbocycles. The van der Waals surface area contributed by atoms with Crippen LogP contribution in [0.3, 0.4) is 0 Å². The number of hydrogen-bond donors (Lipinski definition) is 0. The van der Waals surface area contributed by atoms with Gasteiger partial charge in [0.2, 0.25) is 0 Å². The van der Waals surface area contributed by atoms with Gasteiger partial charge in [-0.25, -0.2) is 14.4 Å². The van der Waals surface area contributed by atoms with E-state index in [0.29, 0.717) is 31.9 Å². The maximum absolute atomic E-state index is 13.6. The van der Waals surface area contributed by atoms with E-state index in [1.807, 2.05) is 30.3 Å². The standard InChI is InChI=1S/C15H13Cl2FN2O/c16-12-11(18)13(17)20-14(19-12)15(6-8-21-9-7-15)10-4-2-1-3-5-10/h1-5H,6-9H2. The highest BCUT2D eigenvalue weighted by Crippen LogP contribution is 2.40. The zero-order chi connectivity index (χ0) is 14.9. The first kappa shape index (κ1) is 14.7. The molecule has 0 bridgehead atoms. The van der Waals surface area contributed by atoms with Crippen LogP contribution in [0.2, 0.25) is 10.3 Å². The zero-order valence-electron chi connectivity index (χ0n) is 11.2. The second-order valence-electron chi connectivity index (χ2n) is 5.00. The summed E-state index contributed by atoms with van der Waals surface area (Å²) in [6, 6.07) is 9.89. The Hall–Kier alpha value is -1.23. The SMILES string of the molecule is Fc1c(Cl)nc(C2(c3ccccc3)CCOCC2)nc1Cl. The first-order chi connectivity index (χ1) is 10.1. The Kier molecular flexibility index (Phi) is 4.11. The van der Waals surface area contributed by atoms with Crippen molar-refractivity contribution in [2.24, 2.45) is 0 Å².